The lowest BCUT2D eigenvalue weighted by atomic mass is 10.3. The van der Waals surface area contributed by atoms with Gasteiger partial charge in [0.2, 0.25) is 5.89 Å². The lowest BCUT2D eigenvalue weighted by Gasteiger charge is -1.93. The second-order valence-electron chi connectivity index (χ2n) is 2.89. The Morgan fingerprint density at radius 2 is 2.13 bits per heavy atom. The van der Waals surface area contributed by atoms with Crippen LogP contribution in [0.5, 0.6) is 0 Å². The van der Waals surface area contributed by atoms with Crippen LogP contribution < -0.4 is 0 Å². The molecule has 0 unspecified atom stereocenters. The van der Waals surface area contributed by atoms with Gasteiger partial charge in [-0.15, -0.1) is 0 Å². The van der Waals surface area contributed by atoms with E-state index in [0.717, 1.165) is 6.08 Å². The first-order chi connectivity index (χ1) is 7.16. The number of aromatic nitrogens is 1. The summed E-state index contributed by atoms with van der Waals surface area (Å²) < 4.78 is 29.1. The highest BCUT2D eigenvalue weighted by atomic mass is 19.3. The van der Waals surface area contributed by atoms with Crippen molar-refractivity contribution in [1.82, 2.24) is 4.98 Å². The molecule has 0 radical (unpaired) electrons. The summed E-state index contributed by atoms with van der Waals surface area (Å²) in [6.45, 7) is 0. The van der Waals surface area contributed by atoms with Crippen molar-refractivity contribution in [2.24, 2.45) is 0 Å². The molecule has 1 aromatic carbocycles. The smallest absolute Gasteiger partial charge is 0.294 e. The molecule has 0 aliphatic heterocycles. The SMILES string of the molecule is O/C(=C\c1nc2ccccc2o1)C(F)F. The third-order valence-corrected chi connectivity index (χ3v) is 1.81. The fourth-order valence-electron chi connectivity index (χ4n) is 1.14. The molecule has 1 aromatic heterocycles. The molecule has 2 rings (SSSR count). The molecule has 78 valence electrons. The Bertz CT molecular complexity index is 472. The first-order valence-electron chi connectivity index (χ1n) is 4.21. The van der Waals surface area contributed by atoms with Crippen LogP contribution in [0.25, 0.3) is 17.2 Å². The van der Waals surface area contributed by atoms with Crippen LogP contribution in [0, 0.1) is 0 Å². The van der Waals surface area contributed by atoms with Gasteiger partial charge in [-0.2, -0.15) is 0 Å². The lowest BCUT2D eigenvalue weighted by molar-refractivity contribution is 0.131. The van der Waals surface area contributed by atoms with Crippen LogP contribution in [0.3, 0.4) is 0 Å². The standard InChI is InChI=1S/C10H7F2NO2/c11-10(12)7(14)5-9-13-6-3-1-2-4-8(6)15-9/h1-5,10,14H/b7-5-. The lowest BCUT2D eigenvalue weighted by Crippen LogP contribution is -1.94. The van der Waals surface area contributed by atoms with Crippen LogP contribution in [0.1, 0.15) is 5.89 Å². The molecule has 0 fully saturated rings. The van der Waals surface area contributed by atoms with Gasteiger partial charge in [-0.05, 0) is 12.1 Å². The minimum Gasteiger partial charge on any atom is -0.506 e. The largest absolute Gasteiger partial charge is 0.506 e. The Morgan fingerprint density at radius 1 is 1.40 bits per heavy atom. The fourth-order valence-corrected chi connectivity index (χ4v) is 1.14. The molecule has 2 aromatic rings. The first kappa shape index (κ1) is 9.64. The van der Waals surface area contributed by atoms with E-state index in [1.807, 2.05) is 0 Å². The number of aliphatic hydroxyl groups is 1. The summed E-state index contributed by atoms with van der Waals surface area (Å²) in [5.41, 5.74) is 1.05. The van der Waals surface area contributed by atoms with E-state index in [9.17, 15) is 8.78 Å². The number of aliphatic hydroxyl groups excluding tert-OH is 1. The number of alkyl halides is 2. The molecule has 15 heavy (non-hydrogen) atoms. The van der Waals surface area contributed by atoms with E-state index >= 15 is 0 Å². The highest BCUT2D eigenvalue weighted by Gasteiger charge is 2.11. The summed E-state index contributed by atoms with van der Waals surface area (Å²) in [7, 11) is 0. The third-order valence-electron chi connectivity index (χ3n) is 1.81. The van der Waals surface area contributed by atoms with Gasteiger partial charge in [0.15, 0.2) is 11.3 Å². The quantitative estimate of drug-likeness (QED) is 0.776. The monoisotopic (exact) mass is 211 g/mol. The number of nitrogens with zero attached hydrogens (tertiary/aromatic N) is 1. The molecule has 0 spiro atoms. The molecule has 1 heterocycles. The number of rotatable bonds is 2. The molecule has 0 saturated carbocycles. The molecular weight excluding hydrogens is 204 g/mol. The van der Waals surface area contributed by atoms with Gasteiger partial charge in [0.1, 0.15) is 5.52 Å². The second-order valence-corrected chi connectivity index (χ2v) is 2.89. The van der Waals surface area contributed by atoms with Crippen LogP contribution >= 0.6 is 0 Å². The summed E-state index contributed by atoms with van der Waals surface area (Å²) >= 11 is 0. The van der Waals surface area contributed by atoms with Crippen LogP contribution in [-0.2, 0) is 0 Å². The van der Waals surface area contributed by atoms with Crippen LogP contribution in [0.2, 0.25) is 0 Å². The maximum Gasteiger partial charge on any atom is 0.294 e. The average Bonchev–Trinajstić information content (AvgIpc) is 2.59. The summed E-state index contributed by atoms with van der Waals surface area (Å²) in [5.74, 6) is -1.09. The minimum atomic E-state index is -2.92. The molecule has 0 saturated heterocycles. The van der Waals surface area contributed by atoms with Gasteiger partial charge in [-0.25, -0.2) is 13.8 Å². The summed E-state index contributed by atoms with van der Waals surface area (Å²) in [5, 5.41) is 8.82. The van der Waals surface area contributed by atoms with E-state index < -0.39 is 12.2 Å². The predicted octanol–water partition coefficient (Wildman–Crippen LogP) is 2.99. The molecule has 5 heteroatoms. The molecule has 3 nitrogen and oxygen atoms in total. The molecule has 0 bridgehead atoms. The Balaban J connectivity index is 2.41. The Morgan fingerprint density at radius 3 is 2.80 bits per heavy atom. The summed E-state index contributed by atoms with van der Waals surface area (Å²) in [6, 6.07) is 6.86. The van der Waals surface area contributed by atoms with Crippen molar-refractivity contribution in [2.75, 3.05) is 0 Å². The number of benzene rings is 1. The van der Waals surface area contributed by atoms with Crippen molar-refractivity contribution >= 4 is 17.2 Å². The van der Waals surface area contributed by atoms with Gasteiger partial charge in [0.25, 0.3) is 6.43 Å². The zero-order valence-corrected chi connectivity index (χ0v) is 7.52. The van der Waals surface area contributed by atoms with Crippen LogP contribution in [0.4, 0.5) is 8.78 Å². The van der Waals surface area contributed by atoms with Gasteiger partial charge in [-0.3, -0.25) is 0 Å². The van der Waals surface area contributed by atoms with E-state index in [1.54, 1.807) is 24.3 Å². The zero-order chi connectivity index (χ0) is 10.8. The highest BCUT2D eigenvalue weighted by molar-refractivity contribution is 5.73. The molecule has 1 N–H and O–H groups in total. The Kier molecular flexibility index (Phi) is 2.37. The van der Waals surface area contributed by atoms with Gasteiger partial charge >= 0.3 is 0 Å². The Labute approximate surface area is 83.7 Å². The van der Waals surface area contributed by atoms with Crippen molar-refractivity contribution in [3.63, 3.8) is 0 Å². The zero-order valence-electron chi connectivity index (χ0n) is 7.52. The van der Waals surface area contributed by atoms with E-state index in [1.165, 1.54) is 0 Å². The van der Waals surface area contributed by atoms with Crippen LogP contribution in [0.15, 0.2) is 34.4 Å². The van der Waals surface area contributed by atoms with Crippen molar-refractivity contribution in [1.29, 1.82) is 0 Å². The molecule has 0 atom stereocenters. The van der Waals surface area contributed by atoms with E-state index in [4.69, 9.17) is 9.52 Å². The van der Waals surface area contributed by atoms with Gasteiger partial charge in [-0.1, -0.05) is 12.1 Å². The number of hydrogen-bond acceptors (Lipinski definition) is 3. The van der Waals surface area contributed by atoms with E-state index in [-0.39, 0.29) is 5.89 Å². The molecule has 0 aliphatic rings. The highest BCUT2D eigenvalue weighted by Crippen LogP contribution is 2.17. The van der Waals surface area contributed by atoms with Crippen molar-refractivity contribution in [2.45, 2.75) is 6.43 Å². The topological polar surface area (TPSA) is 46.3 Å². The molecular formula is C10H7F2NO2. The summed E-state index contributed by atoms with van der Waals surface area (Å²) in [4.78, 5) is 3.90. The van der Waals surface area contributed by atoms with E-state index in [0.29, 0.717) is 11.1 Å². The van der Waals surface area contributed by atoms with Crippen molar-refractivity contribution in [3.8, 4) is 0 Å². The Hall–Kier alpha value is -1.91. The first-order valence-corrected chi connectivity index (χ1v) is 4.21. The van der Waals surface area contributed by atoms with Crippen LogP contribution in [-0.4, -0.2) is 16.5 Å². The summed E-state index contributed by atoms with van der Waals surface area (Å²) in [6.07, 6.45) is -2.11. The third kappa shape index (κ3) is 1.96. The number of allylic oxidation sites excluding steroid dienone is 1. The number of oxazole rings is 1. The minimum absolute atomic E-state index is 0.0333. The van der Waals surface area contributed by atoms with Gasteiger partial charge in [0.05, 0.1) is 0 Å². The predicted molar refractivity (Wildman–Crippen MR) is 50.6 cm³/mol. The fraction of sp³-hybridized carbons (Fsp3) is 0.100. The normalized spacial score (nSPS) is 12.6. The maximum absolute atomic E-state index is 12.0. The van der Waals surface area contributed by atoms with E-state index in [2.05, 4.69) is 4.98 Å². The van der Waals surface area contributed by atoms with Gasteiger partial charge < -0.3 is 9.52 Å². The second kappa shape index (κ2) is 3.68. The number of hydrogen-bond donors (Lipinski definition) is 1. The van der Waals surface area contributed by atoms with Gasteiger partial charge in [0, 0.05) is 6.08 Å². The number of para-hydroxylation sites is 2. The van der Waals surface area contributed by atoms with Crippen molar-refractivity contribution in [3.05, 3.63) is 35.9 Å². The molecule has 0 amide bonds. The molecule has 0 aliphatic carbocycles. The number of fused-ring (bicyclic) bond motifs is 1. The maximum atomic E-state index is 12.0. The van der Waals surface area contributed by atoms with Crippen molar-refractivity contribution < 1.29 is 18.3 Å². The number of halogens is 2. The average molecular weight is 211 g/mol.